The van der Waals surface area contributed by atoms with Gasteiger partial charge in [-0.1, -0.05) is 17.3 Å². The van der Waals surface area contributed by atoms with Crippen molar-refractivity contribution in [3.05, 3.63) is 12.2 Å². The molecule has 1 saturated heterocycles. The highest BCUT2D eigenvalue weighted by molar-refractivity contribution is 5.84. The van der Waals surface area contributed by atoms with Crippen LogP contribution in [0.5, 0.6) is 0 Å². The second-order valence-corrected chi connectivity index (χ2v) is 3.40. The first-order valence-corrected chi connectivity index (χ1v) is 4.29. The van der Waals surface area contributed by atoms with E-state index in [1.165, 1.54) is 5.57 Å². The molecule has 0 atom stereocenters. The van der Waals surface area contributed by atoms with Crippen LogP contribution in [0.1, 0.15) is 19.8 Å². The molecule has 1 N–H and O–H groups in total. The molecule has 0 aliphatic carbocycles. The van der Waals surface area contributed by atoms with Crippen LogP contribution >= 0.6 is 0 Å². The van der Waals surface area contributed by atoms with E-state index in [-0.39, 0.29) is 0 Å². The molecule has 1 rings (SSSR count). The van der Waals surface area contributed by atoms with Crippen molar-refractivity contribution in [3.8, 4) is 0 Å². The molecule has 0 unspecified atom stereocenters. The van der Waals surface area contributed by atoms with Crippen LogP contribution in [0.4, 0.5) is 0 Å². The zero-order valence-corrected chi connectivity index (χ0v) is 7.58. The van der Waals surface area contributed by atoms with Crippen LogP contribution in [0.2, 0.25) is 0 Å². The second-order valence-electron chi connectivity index (χ2n) is 3.40. The van der Waals surface area contributed by atoms with Gasteiger partial charge in [-0.05, 0) is 6.92 Å². The summed E-state index contributed by atoms with van der Waals surface area (Å²) in [5.74, 6) is 0. The number of nitrogens with zero attached hydrogens (tertiary/aromatic N) is 2. The summed E-state index contributed by atoms with van der Waals surface area (Å²) < 4.78 is 0. The van der Waals surface area contributed by atoms with Crippen LogP contribution in [0.3, 0.4) is 0 Å². The first-order chi connectivity index (χ1) is 5.72. The van der Waals surface area contributed by atoms with Gasteiger partial charge in [0, 0.05) is 32.5 Å². The Kier molecular flexibility index (Phi) is 3.29. The van der Waals surface area contributed by atoms with Gasteiger partial charge in [0.15, 0.2) is 0 Å². The lowest BCUT2D eigenvalue weighted by Crippen LogP contribution is -2.34. The lowest BCUT2D eigenvalue weighted by atomic mass is 10.1. The Labute approximate surface area is 73.4 Å². The van der Waals surface area contributed by atoms with Crippen molar-refractivity contribution in [1.29, 1.82) is 0 Å². The number of hydrogen-bond acceptors (Lipinski definition) is 3. The number of hydrogen-bond donors (Lipinski definition) is 1. The van der Waals surface area contributed by atoms with Crippen molar-refractivity contribution >= 4 is 5.71 Å². The quantitative estimate of drug-likeness (QED) is 0.385. The molecule has 1 aliphatic rings. The Balaban J connectivity index is 2.31. The predicted octanol–water partition coefficient (Wildman–Crippen LogP) is 1.49. The Bertz CT molecular complexity index is 189. The molecule has 0 bridgehead atoms. The topological polar surface area (TPSA) is 35.8 Å². The van der Waals surface area contributed by atoms with Crippen molar-refractivity contribution < 1.29 is 5.21 Å². The maximum Gasteiger partial charge on any atom is 0.0596 e. The molecule has 68 valence electrons. The monoisotopic (exact) mass is 168 g/mol. The van der Waals surface area contributed by atoms with Crippen molar-refractivity contribution in [2.75, 3.05) is 19.6 Å². The summed E-state index contributed by atoms with van der Waals surface area (Å²) in [4.78, 5) is 2.33. The van der Waals surface area contributed by atoms with Crippen molar-refractivity contribution in [1.82, 2.24) is 4.90 Å². The van der Waals surface area contributed by atoms with Gasteiger partial charge in [-0.3, -0.25) is 4.90 Å². The van der Waals surface area contributed by atoms with Crippen LogP contribution < -0.4 is 0 Å². The first kappa shape index (κ1) is 9.26. The van der Waals surface area contributed by atoms with Crippen LogP contribution in [-0.2, 0) is 0 Å². The highest BCUT2D eigenvalue weighted by atomic mass is 16.4. The fraction of sp³-hybridized carbons (Fsp3) is 0.667. The van der Waals surface area contributed by atoms with E-state index in [0.717, 1.165) is 38.2 Å². The molecular weight excluding hydrogens is 152 g/mol. The third-order valence-electron chi connectivity index (χ3n) is 2.07. The minimum atomic E-state index is 0.893. The van der Waals surface area contributed by atoms with E-state index in [1.54, 1.807) is 0 Å². The average Bonchev–Trinajstić information content (AvgIpc) is 2.05. The molecule has 0 aromatic carbocycles. The lowest BCUT2D eigenvalue weighted by Gasteiger charge is -2.26. The van der Waals surface area contributed by atoms with Crippen LogP contribution in [-0.4, -0.2) is 35.5 Å². The highest BCUT2D eigenvalue weighted by Crippen LogP contribution is 2.08. The molecule has 0 radical (unpaired) electrons. The van der Waals surface area contributed by atoms with Gasteiger partial charge >= 0.3 is 0 Å². The van der Waals surface area contributed by atoms with E-state index in [9.17, 15) is 0 Å². The van der Waals surface area contributed by atoms with Crippen LogP contribution in [0.25, 0.3) is 0 Å². The molecule has 0 saturated carbocycles. The fourth-order valence-corrected chi connectivity index (χ4v) is 1.45. The standard InChI is InChI=1S/C9H16N2O/c1-8(2)7-11-5-3-9(10-12)4-6-11/h12H,1,3-7H2,2H3. The smallest absolute Gasteiger partial charge is 0.0596 e. The minimum Gasteiger partial charge on any atom is -0.411 e. The zero-order valence-electron chi connectivity index (χ0n) is 7.58. The van der Waals surface area contributed by atoms with E-state index >= 15 is 0 Å². The Hall–Kier alpha value is -0.830. The van der Waals surface area contributed by atoms with Crippen molar-refractivity contribution in [2.24, 2.45) is 5.16 Å². The van der Waals surface area contributed by atoms with E-state index in [0.29, 0.717) is 0 Å². The van der Waals surface area contributed by atoms with E-state index in [2.05, 4.69) is 16.6 Å². The number of likely N-dealkylation sites (tertiary alicyclic amines) is 1. The normalized spacial score (nSPS) is 19.2. The van der Waals surface area contributed by atoms with Gasteiger partial charge in [-0.25, -0.2) is 0 Å². The lowest BCUT2D eigenvalue weighted by molar-refractivity contribution is 0.279. The number of piperidine rings is 1. The van der Waals surface area contributed by atoms with Gasteiger partial charge in [0.2, 0.25) is 0 Å². The minimum absolute atomic E-state index is 0.893. The Morgan fingerprint density at radius 1 is 1.58 bits per heavy atom. The van der Waals surface area contributed by atoms with Crippen LogP contribution in [0.15, 0.2) is 17.3 Å². The van der Waals surface area contributed by atoms with Crippen molar-refractivity contribution in [3.63, 3.8) is 0 Å². The second kappa shape index (κ2) is 4.26. The van der Waals surface area contributed by atoms with Gasteiger partial charge in [0.1, 0.15) is 0 Å². The maximum absolute atomic E-state index is 8.51. The molecule has 3 nitrogen and oxygen atoms in total. The number of rotatable bonds is 2. The third kappa shape index (κ3) is 2.66. The predicted molar refractivity (Wildman–Crippen MR) is 49.7 cm³/mol. The van der Waals surface area contributed by atoms with E-state index in [1.807, 2.05) is 6.92 Å². The van der Waals surface area contributed by atoms with Gasteiger partial charge in [0.25, 0.3) is 0 Å². The Morgan fingerprint density at radius 3 is 2.58 bits per heavy atom. The molecule has 1 aliphatic heterocycles. The largest absolute Gasteiger partial charge is 0.411 e. The van der Waals surface area contributed by atoms with Gasteiger partial charge in [-0.2, -0.15) is 0 Å². The SMILES string of the molecule is C=C(C)CN1CCC(=NO)CC1. The molecule has 0 aromatic heterocycles. The van der Waals surface area contributed by atoms with E-state index < -0.39 is 0 Å². The summed E-state index contributed by atoms with van der Waals surface area (Å²) in [7, 11) is 0. The molecule has 0 spiro atoms. The maximum atomic E-state index is 8.51. The summed E-state index contributed by atoms with van der Waals surface area (Å²) in [6, 6.07) is 0. The average molecular weight is 168 g/mol. The summed E-state index contributed by atoms with van der Waals surface area (Å²) in [5, 5.41) is 11.7. The highest BCUT2D eigenvalue weighted by Gasteiger charge is 2.14. The number of oxime groups is 1. The van der Waals surface area contributed by atoms with Gasteiger partial charge in [-0.15, -0.1) is 0 Å². The summed E-state index contributed by atoms with van der Waals surface area (Å²) in [5.41, 5.74) is 2.12. The molecule has 3 heteroatoms. The first-order valence-electron chi connectivity index (χ1n) is 4.29. The van der Waals surface area contributed by atoms with Gasteiger partial charge < -0.3 is 5.21 Å². The molecule has 12 heavy (non-hydrogen) atoms. The fourth-order valence-electron chi connectivity index (χ4n) is 1.45. The molecule has 0 aromatic rings. The summed E-state index contributed by atoms with van der Waals surface area (Å²) in [6.45, 7) is 8.86. The van der Waals surface area contributed by atoms with Crippen LogP contribution in [0, 0.1) is 0 Å². The summed E-state index contributed by atoms with van der Waals surface area (Å²) >= 11 is 0. The molecule has 1 fully saturated rings. The Morgan fingerprint density at radius 2 is 2.17 bits per heavy atom. The molecule has 0 amide bonds. The van der Waals surface area contributed by atoms with E-state index in [4.69, 9.17) is 5.21 Å². The molecular formula is C9H16N2O. The summed E-state index contributed by atoms with van der Waals surface area (Å²) in [6.07, 6.45) is 1.79. The zero-order chi connectivity index (χ0) is 8.97. The van der Waals surface area contributed by atoms with Crippen molar-refractivity contribution in [2.45, 2.75) is 19.8 Å². The third-order valence-corrected chi connectivity index (χ3v) is 2.07. The van der Waals surface area contributed by atoms with Gasteiger partial charge in [0.05, 0.1) is 5.71 Å². The molecule has 1 heterocycles.